The summed E-state index contributed by atoms with van der Waals surface area (Å²) >= 11 is 7.07. The van der Waals surface area contributed by atoms with Gasteiger partial charge < -0.3 is 10.3 Å². The fraction of sp³-hybridized carbons (Fsp3) is 0.364. The van der Waals surface area contributed by atoms with E-state index in [1.54, 1.807) is 11.4 Å². The number of nitrogens with one attached hydrogen (secondary N) is 2. The van der Waals surface area contributed by atoms with Crippen LogP contribution in [-0.2, 0) is 6.54 Å². The molecule has 0 fully saturated rings. The highest BCUT2D eigenvalue weighted by molar-refractivity contribution is 7.07. The maximum Gasteiger partial charge on any atom is 0.304 e. The van der Waals surface area contributed by atoms with E-state index < -0.39 is 0 Å². The van der Waals surface area contributed by atoms with Gasteiger partial charge in [0.05, 0.1) is 6.54 Å². The van der Waals surface area contributed by atoms with Crippen molar-refractivity contribution in [3.63, 3.8) is 0 Å². The van der Waals surface area contributed by atoms with Crippen molar-refractivity contribution in [2.24, 2.45) is 0 Å². The van der Waals surface area contributed by atoms with Crippen LogP contribution in [0.1, 0.15) is 31.3 Å². The Labute approximate surface area is 113 Å². The van der Waals surface area contributed by atoms with Gasteiger partial charge in [-0.25, -0.2) is 9.97 Å². The lowest BCUT2D eigenvalue weighted by Gasteiger charge is -2.08. The second kappa shape index (κ2) is 5.49. The summed E-state index contributed by atoms with van der Waals surface area (Å²) in [5, 5.41) is 5.30. The number of halogens is 1. The summed E-state index contributed by atoms with van der Waals surface area (Å²) in [6.45, 7) is 4.52. The van der Waals surface area contributed by atoms with E-state index in [4.69, 9.17) is 11.6 Å². The van der Waals surface area contributed by atoms with Gasteiger partial charge in [0.2, 0.25) is 0 Å². The summed E-state index contributed by atoms with van der Waals surface area (Å²) in [6, 6.07) is 1.66. The number of aromatic nitrogens is 3. The molecule has 7 heteroatoms. The van der Waals surface area contributed by atoms with E-state index in [0.717, 1.165) is 17.0 Å². The topological polar surface area (TPSA) is 70.7 Å². The first-order valence-corrected chi connectivity index (χ1v) is 6.75. The van der Waals surface area contributed by atoms with Gasteiger partial charge in [-0.15, -0.1) is 0 Å². The van der Waals surface area contributed by atoms with Crippen molar-refractivity contribution in [3.05, 3.63) is 37.8 Å². The van der Waals surface area contributed by atoms with E-state index in [0.29, 0.717) is 23.3 Å². The fourth-order valence-corrected chi connectivity index (χ4v) is 2.14. The highest BCUT2D eigenvalue weighted by Crippen LogP contribution is 2.17. The third kappa shape index (κ3) is 3.30. The van der Waals surface area contributed by atoms with Crippen molar-refractivity contribution in [1.82, 2.24) is 15.0 Å². The maximum absolute atomic E-state index is 11.0. The van der Waals surface area contributed by atoms with Gasteiger partial charge in [-0.3, -0.25) is 4.79 Å². The molecule has 96 valence electrons. The van der Waals surface area contributed by atoms with Gasteiger partial charge in [-0.2, -0.15) is 0 Å². The molecule has 2 aromatic rings. The Morgan fingerprint density at radius 2 is 2.28 bits per heavy atom. The van der Waals surface area contributed by atoms with Gasteiger partial charge in [-0.05, 0) is 0 Å². The maximum atomic E-state index is 11.0. The Hall–Kier alpha value is -1.40. The van der Waals surface area contributed by atoms with Crippen molar-refractivity contribution >= 4 is 28.8 Å². The zero-order valence-electron chi connectivity index (χ0n) is 10.0. The molecular formula is C11H13ClN4OS. The van der Waals surface area contributed by atoms with Crippen LogP contribution in [0, 0.1) is 0 Å². The number of nitrogens with zero attached hydrogens (tertiary/aromatic N) is 2. The molecule has 2 N–H and O–H groups in total. The van der Waals surface area contributed by atoms with Crippen LogP contribution in [0.25, 0.3) is 0 Å². The molecular weight excluding hydrogens is 272 g/mol. The molecule has 0 aliphatic carbocycles. The summed E-state index contributed by atoms with van der Waals surface area (Å²) in [7, 11) is 0. The average molecular weight is 285 g/mol. The largest absolute Gasteiger partial charge is 0.364 e. The van der Waals surface area contributed by atoms with Crippen LogP contribution in [0.2, 0.25) is 5.15 Å². The molecule has 0 amide bonds. The Kier molecular flexibility index (Phi) is 3.98. The summed E-state index contributed by atoms with van der Waals surface area (Å²) in [5.74, 6) is 1.57. The molecule has 2 heterocycles. The second-order valence-electron chi connectivity index (χ2n) is 4.12. The number of hydrogen-bond donors (Lipinski definition) is 2. The molecule has 18 heavy (non-hydrogen) atoms. The lowest BCUT2D eigenvalue weighted by atomic mass is 10.2. The summed E-state index contributed by atoms with van der Waals surface area (Å²) in [5.41, 5.74) is 0.825. The van der Waals surface area contributed by atoms with Crippen LogP contribution in [0.3, 0.4) is 0 Å². The van der Waals surface area contributed by atoms with E-state index in [2.05, 4.69) is 20.3 Å². The molecule has 0 atom stereocenters. The van der Waals surface area contributed by atoms with E-state index in [1.165, 1.54) is 0 Å². The Bertz CT molecular complexity index is 593. The molecule has 0 radical (unpaired) electrons. The smallest absolute Gasteiger partial charge is 0.304 e. The molecule has 2 rings (SSSR count). The minimum atomic E-state index is -0.0598. The SMILES string of the molecule is CC(C)c1nc(Cl)cc(NCc2csc(=O)[nH]2)n1. The van der Waals surface area contributed by atoms with Gasteiger partial charge in [-0.1, -0.05) is 36.8 Å². The first-order chi connectivity index (χ1) is 8.54. The standard InChI is InChI=1S/C11H13ClN4OS/c1-6(2)10-15-8(12)3-9(16-10)13-4-7-5-18-11(17)14-7/h3,5-6H,4H2,1-2H3,(H,14,17)(H,13,15,16). The van der Waals surface area contributed by atoms with E-state index in [1.807, 2.05) is 13.8 Å². The molecule has 0 aromatic carbocycles. The number of hydrogen-bond acceptors (Lipinski definition) is 5. The van der Waals surface area contributed by atoms with Gasteiger partial charge in [0.15, 0.2) is 0 Å². The van der Waals surface area contributed by atoms with Gasteiger partial charge in [0.25, 0.3) is 0 Å². The molecule has 2 aromatic heterocycles. The fourth-order valence-electron chi connectivity index (χ4n) is 1.37. The summed E-state index contributed by atoms with van der Waals surface area (Å²) in [6.07, 6.45) is 0. The van der Waals surface area contributed by atoms with Crippen LogP contribution in [0.5, 0.6) is 0 Å². The molecule has 0 aliphatic rings. The van der Waals surface area contributed by atoms with Gasteiger partial charge in [0.1, 0.15) is 16.8 Å². The summed E-state index contributed by atoms with van der Waals surface area (Å²) < 4.78 is 0. The monoisotopic (exact) mass is 284 g/mol. The van der Waals surface area contributed by atoms with Crippen LogP contribution in [0.15, 0.2) is 16.2 Å². The van der Waals surface area contributed by atoms with E-state index in [-0.39, 0.29) is 10.8 Å². The van der Waals surface area contributed by atoms with Crippen molar-refractivity contribution in [1.29, 1.82) is 0 Å². The number of H-pyrrole nitrogens is 1. The van der Waals surface area contributed by atoms with Crippen molar-refractivity contribution < 1.29 is 0 Å². The zero-order valence-corrected chi connectivity index (χ0v) is 11.6. The lowest BCUT2D eigenvalue weighted by Crippen LogP contribution is -2.07. The number of aromatic amines is 1. The van der Waals surface area contributed by atoms with Gasteiger partial charge in [0, 0.05) is 23.1 Å². The minimum Gasteiger partial charge on any atom is -0.364 e. The second-order valence-corrected chi connectivity index (χ2v) is 5.35. The first kappa shape index (κ1) is 13.0. The lowest BCUT2D eigenvalue weighted by molar-refractivity contribution is 0.774. The number of anilines is 1. The van der Waals surface area contributed by atoms with E-state index >= 15 is 0 Å². The minimum absolute atomic E-state index is 0.0598. The van der Waals surface area contributed by atoms with Crippen molar-refractivity contribution in [2.45, 2.75) is 26.3 Å². The first-order valence-electron chi connectivity index (χ1n) is 5.49. The normalized spacial score (nSPS) is 10.9. The van der Waals surface area contributed by atoms with Crippen LogP contribution in [-0.4, -0.2) is 15.0 Å². The predicted octanol–water partition coefficient (Wildman–Crippen LogP) is 2.62. The number of thiazole rings is 1. The van der Waals surface area contributed by atoms with Crippen LogP contribution in [0.4, 0.5) is 5.82 Å². The molecule has 0 aliphatic heterocycles. The molecule has 0 spiro atoms. The Morgan fingerprint density at radius 3 is 2.89 bits per heavy atom. The molecule has 0 saturated heterocycles. The summed E-state index contributed by atoms with van der Waals surface area (Å²) in [4.78, 5) is 22.2. The Balaban J connectivity index is 2.11. The number of rotatable bonds is 4. The highest BCUT2D eigenvalue weighted by Gasteiger charge is 2.07. The van der Waals surface area contributed by atoms with Crippen molar-refractivity contribution in [3.8, 4) is 0 Å². The van der Waals surface area contributed by atoms with Crippen LogP contribution < -0.4 is 10.2 Å². The Morgan fingerprint density at radius 1 is 1.50 bits per heavy atom. The van der Waals surface area contributed by atoms with Crippen LogP contribution >= 0.6 is 22.9 Å². The third-order valence-corrected chi connectivity index (χ3v) is 3.17. The quantitative estimate of drug-likeness (QED) is 0.847. The highest BCUT2D eigenvalue weighted by atomic mass is 35.5. The third-order valence-electron chi connectivity index (χ3n) is 2.26. The molecule has 0 bridgehead atoms. The molecule has 5 nitrogen and oxygen atoms in total. The van der Waals surface area contributed by atoms with Crippen molar-refractivity contribution in [2.75, 3.05) is 5.32 Å². The van der Waals surface area contributed by atoms with Gasteiger partial charge >= 0.3 is 4.87 Å². The molecule has 0 saturated carbocycles. The average Bonchev–Trinajstić information content (AvgIpc) is 2.72. The van der Waals surface area contributed by atoms with E-state index in [9.17, 15) is 4.79 Å². The predicted molar refractivity (Wildman–Crippen MR) is 73.4 cm³/mol. The zero-order chi connectivity index (χ0) is 13.1. The molecule has 0 unspecified atom stereocenters.